The van der Waals surface area contributed by atoms with Crippen LogP contribution >= 0.6 is 11.6 Å². The quantitative estimate of drug-likeness (QED) is 0.506. The van der Waals surface area contributed by atoms with E-state index in [1.54, 1.807) is 6.20 Å². The van der Waals surface area contributed by atoms with Crippen molar-refractivity contribution in [1.29, 1.82) is 5.26 Å². The zero-order valence-electron chi connectivity index (χ0n) is 12.6. The van der Waals surface area contributed by atoms with E-state index in [0.717, 1.165) is 27.8 Å². The highest BCUT2D eigenvalue weighted by Crippen LogP contribution is 2.31. The Kier molecular flexibility index (Phi) is 3.53. The molecule has 0 bridgehead atoms. The van der Waals surface area contributed by atoms with Crippen LogP contribution in [0.2, 0.25) is 5.02 Å². The molecule has 0 amide bonds. The molecule has 24 heavy (non-hydrogen) atoms. The molecule has 2 aromatic carbocycles. The van der Waals surface area contributed by atoms with E-state index >= 15 is 0 Å². The molecule has 2 heterocycles. The number of aromatic nitrogens is 2. The Morgan fingerprint density at radius 2 is 1.71 bits per heavy atom. The minimum absolute atomic E-state index is 0.648. The smallest absolute Gasteiger partial charge is 0.0991 e. The largest absolute Gasteiger partial charge is 0.309 e. The van der Waals surface area contributed by atoms with Crippen molar-refractivity contribution < 1.29 is 0 Å². The van der Waals surface area contributed by atoms with Gasteiger partial charge in [-0.3, -0.25) is 4.98 Å². The van der Waals surface area contributed by atoms with E-state index < -0.39 is 0 Å². The molecule has 4 aromatic rings. The minimum atomic E-state index is 0.648. The number of halogens is 1. The van der Waals surface area contributed by atoms with E-state index in [1.807, 2.05) is 60.8 Å². The van der Waals surface area contributed by atoms with E-state index in [0.29, 0.717) is 10.6 Å². The molecular weight excluding hydrogens is 318 g/mol. The maximum Gasteiger partial charge on any atom is 0.0991 e. The summed E-state index contributed by atoms with van der Waals surface area (Å²) in [5.41, 5.74) is 4.84. The fourth-order valence-corrected chi connectivity index (χ4v) is 2.98. The molecule has 0 aliphatic carbocycles. The van der Waals surface area contributed by atoms with Crippen molar-refractivity contribution in [2.75, 3.05) is 0 Å². The maximum absolute atomic E-state index is 9.00. The number of nitrogens with zero attached hydrogens (tertiary/aromatic N) is 3. The van der Waals surface area contributed by atoms with Crippen LogP contribution < -0.4 is 0 Å². The topological polar surface area (TPSA) is 41.6 Å². The lowest BCUT2D eigenvalue weighted by Gasteiger charge is -2.11. The minimum Gasteiger partial charge on any atom is -0.309 e. The van der Waals surface area contributed by atoms with Crippen LogP contribution in [0.4, 0.5) is 0 Å². The Labute approximate surface area is 144 Å². The maximum atomic E-state index is 9.00. The van der Waals surface area contributed by atoms with Gasteiger partial charge >= 0.3 is 0 Å². The van der Waals surface area contributed by atoms with Gasteiger partial charge in [0, 0.05) is 28.5 Å². The van der Waals surface area contributed by atoms with Crippen LogP contribution in [-0.4, -0.2) is 9.55 Å². The summed E-state index contributed by atoms with van der Waals surface area (Å²) in [6.45, 7) is 0. The fourth-order valence-electron chi connectivity index (χ4n) is 2.85. The van der Waals surface area contributed by atoms with Gasteiger partial charge in [0.25, 0.3) is 0 Å². The average Bonchev–Trinajstić information content (AvgIpc) is 3.02. The molecule has 114 valence electrons. The first-order chi connectivity index (χ1) is 11.8. The number of nitriles is 1. The predicted molar refractivity (Wildman–Crippen MR) is 96.2 cm³/mol. The predicted octanol–water partition coefficient (Wildman–Crippen LogP) is 5.22. The molecule has 0 saturated carbocycles. The second-order valence-electron chi connectivity index (χ2n) is 5.47. The lowest BCUT2D eigenvalue weighted by atomic mass is 10.1. The van der Waals surface area contributed by atoms with Gasteiger partial charge in [-0.05, 0) is 54.1 Å². The number of fused-ring (bicyclic) bond motifs is 1. The molecule has 0 N–H and O–H groups in total. The molecular formula is C20H12ClN3. The summed E-state index contributed by atoms with van der Waals surface area (Å²) in [6.07, 6.45) is 3.65. The molecule has 0 saturated heterocycles. The van der Waals surface area contributed by atoms with Gasteiger partial charge in [0.15, 0.2) is 0 Å². The van der Waals surface area contributed by atoms with Crippen LogP contribution in [0.15, 0.2) is 73.1 Å². The third-order valence-electron chi connectivity index (χ3n) is 4.00. The van der Waals surface area contributed by atoms with Crippen LogP contribution in [-0.2, 0) is 0 Å². The van der Waals surface area contributed by atoms with E-state index in [4.69, 9.17) is 16.9 Å². The van der Waals surface area contributed by atoms with Crippen molar-refractivity contribution in [3.05, 3.63) is 83.6 Å². The number of hydrogen-bond donors (Lipinski definition) is 0. The Bertz CT molecular complexity index is 1050. The molecule has 3 nitrogen and oxygen atoms in total. The molecule has 0 radical (unpaired) electrons. The molecule has 0 unspecified atom stereocenters. The fraction of sp³-hybridized carbons (Fsp3) is 0. The first-order valence-corrected chi connectivity index (χ1v) is 7.86. The molecule has 0 atom stereocenters. The third kappa shape index (κ3) is 2.44. The highest BCUT2D eigenvalue weighted by atomic mass is 35.5. The van der Waals surface area contributed by atoms with Crippen LogP contribution in [0.5, 0.6) is 0 Å². The molecule has 0 aliphatic rings. The first kappa shape index (κ1) is 14.5. The number of benzene rings is 2. The van der Waals surface area contributed by atoms with Crippen molar-refractivity contribution in [1.82, 2.24) is 9.55 Å². The van der Waals surface area contributed by atoms with Gasteiger partial charge in [-0.1, -0.05) is 23.7 Å². The van der Waals surface area contributed by atoms with Crippen molar-refractivity contribution in [3.8, 4) is 23.0 Å². The normalized spacial score (nSPS) is 10.7. The van der Waals surface area contributed by atoms with Gasteiger partial charge in [-0.2, -0.15) is 5.26 Å². The number of rotatable bonds is 2. The van der Waals surface area contributed by atoms with Gasteiger partial charge in [0.2, 0.25) is 0 Å². The lowest BCUT2D eigenvalue weighted by Crippen LogP contribution is -1.96. The molecule has 0 spiro atoms. The Morgan fingerprint density at radius 1 is 0.958 bits per heavy atom. The second kappa shape index (κ2) is 5.84. The van der Waals surface area contributed by atoms with Gasteiger partial charge in [-0.25, -0.2) is 0 Å². The van der Waals surface area contributed by atoms with Gasteiger partial charge in [0.1, 0.15) is 0 Å². The summed E-state index contributed by atoms with van der Waals surface area (Å²) in [5, 5.41) is 10.8. The zero-order chi connectivity index (χ0) is 16.5. The standard InChI is InChI=1S/C20H12ClN3/c21-17-5-7-18(8-6-17)24-19-9-10-23-13-16(19)11-20(24)15-3-1-14(12-22)2-4-15/h1-11,13H. The zero-order valence-corrected chi connectivity index (χ0v) is 13.4. The van der Waals surface area contributed by atoms with Crippen molar-refractivity contribution in [2.24, 2.45) is 0 Å². The Hall–Kier alpha value is -3.09. The summed E-state index contributed by atoms with van der Waals surface area (Å²) in [7, 11) is 0. The van der Waals surface area contributed by atoms with E-state index in [2.05, 4.69) is 21.7 Å². The van der Waals surface area contributed by atoms with Gasteiger partial charge < -0.3 is 4.57 Å². The average molecular weight is 330 g/mol. The molecule has 4 rings (SSSR count). The SMILES string of the molecule is N#Cc1ccc(-c2cc3cnccc3n2-c2ccc(Cl)cc2)cc1. The van der Waals surface area contributed by atoms with Crippen LogP contribution in [0.3, 0.4) is 0 Å². The molecule has 4 heteroatoms. The van der Waals surface area contributed by atoms with E-state index in [-0.39, 0.29) is 0 Å². The van der Waals surface area contributed by atoms with Gasteiger partial charge in [0.05, 0.1) is 22.8 Å². The molecule has 0 fully saturated rings. The molecule has 2 aromatic heterocycles. The molecule has 0 aliphatic heterocycles. The summed E-state index contributed by atoms with van der Waals surface area (Å²) >= 11 is 6.03. The summed E-state index contributed by atoms with van der Waals surface area (Å²) in [6, 6.07) is 21.6. The van der Waals surface area contributed by atoms with Crippen LogP contribution in [0, 0.1) is 11.3 Å². The first-order valence-electron chi connectivity index (χ1n) is 7.48. The summed E-state index contributed by atoms with van der Waals surface area (Å²) < 4.78 is 2.18. The van der Waals surface area contributed by atoms with E-state index in [1.165, 1.54) is 0 Å². The van der Waals surface area contributed by atoms with E-state index in [9.17, 15) is 0 Å². The summed E-state index contributed by atoms with van der Waals surface area (Å²) in [5.74, 6) is 0. The van der Waals surface area contributed by atoms with Crippen molar-refractivity contribution in [3.63, 3.8) is 0 Å². The van der Waals surface area contributed by atoms with Gasteiger partial charge in [-0.15, -0.1) is 0 Å². The number of hydrogen-bond acceptors (Lipinski definition) is 2. The van der Waals surface area contributed by atoms with Crippen LogP contribution in [0.25, 0.3) is 27.8 Å². The highest BCUT2D eigenvalue weighted by Gasteiger charge is 2.12. The Balaban J connectivity index is 1.99. The lowest BCUT2D eigenvalue weighted by molar-refractivity contribution is 1.13. The monoisotopic (exact) mass is 329 g/mol. The number of pyridine rings is 1. The Morgan fingerprint density at radius 3 is 2.42 bits per heavy atom. The highest BCUT2D eigenvalue weighted by molar-refractivity contribution is 6.30. The third-order valence-corrected chi connectivity index (χ3v) is 4.25. The van der Waals surface area contributed by atoms with Crippen LogP contribution in [0.1, 0.15) is 5.56 Å². The van der Waals surface area contributed by atoms with Crippen molar-refractivity contribution >= 4 is 22.5 Å². The summed E-state index contributed by atoms with van der Waals surface area (Å²) in [4.78, 5) is 4.22. The van der Waals surface area contributed by atoms with Crippen molar-refractivity contribution in [2.45, 2.75) is 0 Å². The second-order valence-corrected chi connectivity index (χ2v) is 5.90.